The summed E-state index contributed by atoms with van der Waals surface area (Å²) in [5.74, 6) is 0. The van der Waals surface area contributed by atoms with Gasteiger partial charge in [-0.15, -0.1) is 0 Å². The van der Waals surface area contributed by atoms with Crippen LogP contribution in [0.2, 0.25) is 5.02 Å². The van der Waals surface area contributed by atoms with Gasteiger partial charge in [0.05, 0.1) is 6.10 Å². The first kappa shape index (κ1) is 15.8. The lowest BCUT2D eigenvalue weighted by Gasteiger charge is -2.45. The summed E-state index contributed by atoms with van der Waals surface area (Å²) in [5, 5.41) is 11.0. The second-order valence-electron chi connectivity index (χ2n) is 6.37. The minimum absolute atomic E-state index is 0.212. The zero-order valence-electron chi connectivity index (χ0n) is 12.6. The molecule has 1 aromatic carbocycles. The molecule has 0 saturated carbocycles. The predicted octanol–water partition coefficient (Wildman–Crippen LogP) is 2.79. The van der Waals surface area contributed by atoms with Gasteiger partial charge in [0.2, 0.25) is 0 Å². The fourth-order valence-corrected chi connectivity index (χ4v) is 2.81. The van der Waals surface area contributed by atoms with Crippen molar-refractivity contribution in [3.8, 4) is 0 Å². The molecule has 1 heterocycles. The topological polar surface area (TPSA) is 26.7 Å². The Morgan fingerprint density at radius 2 is 1.90 bits per heavy atom. The van der Waals surface area contributed by atoms with Gasteiger partial charge < -0.3 is 10.0 Å². The number of aliphatic hydroxyl groups excluding tert-OH is 1. The van der Waals surface area contributed by atoms with E-state index in [4.69, 9.17) is 11.6 Å². The number of benzene rings is 1. The molecule has 112 valence electrons. The predicted molar refractivity (Wildman–Crippen MR) is 84.2 cm³/mol. The molecule has 0 radical (unpaired) electrons. The summed E-state index contributed by atoms with van der Waals surface area (Å²) in [6.07, 6.45) is 0.358. The van der Waals surface area contributed by atoms with Crippen molar-refractivity contribution < 1.29 is 5.11 Å². The summed E-state index contributed by atoms with van der Waals surface area (Å²) in [6.45, 7) is 8.69. The molecular formula is C16H25ClN2O. The first-order valence-electron chi connectivity index (χ1n) is 7.25. The van der Waals surface area contributed by atoms with Crippen molar-refractivity contribution in [1.29, 1.82) is 0 Å². The average molecular weight is 297 g/mol. The maximum atomic E-state index is 10.2. The molecule has 1 aliphatic heterocycles. The molecule has 1 saturated heterocycles. The number of hydrogen-bond donors (Lipinski definition) is 1. The van der Waals surface area contributed by atoms with E-state index in [1.54, 1.807) is 0 Å². The Morgan fingerprint density at radius 1 is 1.25 bits per heavy atom. The van der Waals surface area contributed by atoms with Crippen molar-refractivity contribution in [2.45, 2.75) is 31.9 Å². The van der Waals surface area contributed by atoms with Crippen LogP contribution in [0.15, 0.2) is 24.3 Å². The summed E-state index contributed by atoms with van der Waals surface area (Å²) < 4.78 is 0. The van der Waals surface area contributed by atoms with Gasteiger partial charge in [0.1, 0.15) is 0 Å². The van der Waals surface area contributed by atoms with Crippen LogP contribution in [-0.4, -0.2) is 53.7 Å². The fraction of sp³-hybridized carbons (Fsp3) is 0.625. The van der Waals surface area contributed by atoms with Crippen LogP contribution in [0.5, 0.6) is 0 Å². The third-order valence-electron chi connectivity index (χ3n) is 4.37. The van der Waals surface area contributed by atoms with E-state index in [1.165, 1.54) is 0 Å². The number of hydrogen-bond acceptors (Lipinski definition) is 3. The lowest BCUT2D eigenvalue weighted by molar-refractivity contribution is 0.0313. The van der Waals surface area contributed by atoms with E-state index in [9.17, 15) is 5.11 Å². The zero-order chi connectivity index (χ0) is 14.8. The lowest BCUT2D eigenvalue weighted by atomic mass is 9.99. The molecule has 1 aromatic rings. The van der Waals surface area contributed by atoms with Crippen LogP contribution in [0.3, 0.4) is 0 Å². The molecule has 0 amide bonds. The minimum atomic E-state index is -0.407. The second-order valence-corrected chi connectivity index (χ2v) is 6.80. The Morgan fingerprint density at radius 3 is 2.50 bits per heavy atom. The summed E-state index contributed by atoms with van der Waals surface area (Å²) in [5.41, 5.74) is 1.16. The van der Waals surface area contributed by atoms with Crippen molar-refractivity contribution in [3.05, 3.63) is 34.9 Å². The Hall–Kier alpha value is -0.610. The van der Waals surface area contributed by atoms with Crippen LogP contribution in [0.1, 0.15) is 31.9 Å². The molecule has 2 rings (SSSR count). The fourth-order valence-electron chi connectivity index (χ4n) is 2.69. The molecule has 4 heteroatoms. The van der Waals surface area contributed by atoms with Gasteiger partial charge in [-0.3, -0.25) is 4.90 Å². The largest absolute Gasteiger partial charge is 0.388 e. The van der Waals surface area contributed by atoms with Gasteiger partial charge in [0.15, 0.2) is 0 Å². The average Bonchev–Trinajstić information content (AvgIpc) is 2.40. The number of aliphatic hydroxyl groups is 1. The smallest absolute Gasteiger partial charge is 0.0802 e. The Bertz CT molecular complexity index is 433. The van der Waals surface area contributed by atoms with Crippen molar-refractivity contribution in [1.82, 2.24) is 9.80 Å². The van der Waals surface area contributed by atoms with Crippen LogP contribution in [0.25, 0.3) is 0 Å². The molecule has 1 atom stereocenters. The van der Waals surface area contributed by atoms with Crippen LogP contribution >= 0.6 is 11.6 Å². The summed E-state index contributed by atoms with van der Waals surface area (Å²) in [6, 6.07) is 7.47. The van der Waals surface area contributed by atoms with E-state index in [2.05, 4.69) is 30.7 Å². The molecule has 0 aromatic heterocycles. The summed E-state index contributed by atoms with van der Waals surface area (Å²) >= 11 is 5.87. The van der Waals surface area contributed by atoms with Crippen LogP contribution < -0.4 is 0 Å². The highest BCUT2D eigenvalue weighted by atomic mass is 35.5. The number of halogens is 1. The SMILES string of the molecule is CN1CCN(CCC(O)c2ccc(Cl)cc2)CC1(C)C. The monoisotopic (exact) mass is 296 g/mol. The van der Waals surface area contributed by atoms with Crippen molar-refractivity contribution >= 4 is 11.6 Å². The second kappa shape index (κ2) is 6.44. The van der Waals surface area contributed by atoms with Crippen molar-refractivity contribution in [2.24, 2.45) is 0 Å². The molecule has 3 nitrogen and oxygen atoms in total. The molecule has 0 bridgehead atoms. The Kier molecular flexibility index (Phi) is 5.08. The van der Waals surface area contributed by atoms with E-state index in [0.717, 1.165) is 38.2 Å². The molecule has 1 aliphatic rings. The maximum Gasteiger partial charge on any atom is 0.0802 e. The highest BCUT2D eigenvalue weighted by Crippen LogP contribution is 2.22. The first-order chi connectivity index (χ1) is 9.38. The highest BCUT2D eigenvalue weighted by Gasteiger charge is 2.30. The Labute approximate surface area is 127 Å². The van der Waals surface area contributed by atoms with E-state index >= 15 is 0 Å². The standard InChI is InChI=1S/C16H25ClN2O/c1-16(2)12-19(11-10-18(16)3)9-8-15(20)13-4-6-14(17)7-5-13/h4-7,15,20H,8-12H2,1-3H3. The lowest BCUT2D eigenvalue weighted by Crippen LogP contribution is -2.57. The van der Waals surface area contributed by atoms with Crippen LogP contribution in [0, 0.1) is 0 Å². The third kappa shape index (κ3) is 3.95. The first-order valence-corrected chi connectivity index (χ1v) is 7.63. The minimum Gasteiger partial charge on any atom is -0.388 e. The molecule has 0 spiro atoms. The van der Waals surface area contributed by atoms with Gasteiger partial charge in [0, 0.05) is 36.7 Å². The van der Waals surface area contributed by atoms with E-state index in [-0.39, 0.29) is 5.54 Å². The zero-order valence-corrected chi connectivity index (χ0v) is 13.4. The van der Waals surface area contributed by atoms with Gasteiger partial charge in [-0.2, -0.15) is 0 Å². The van der Waals surface area contributed by atoms with Crippen molar-refractivity contribution in [3.63, 3.8) is 0 Å². The van der Waals surface area contributed by atoms with Gasteiger partial charge in [-0.25, -0.2) is 0 Å². The third-order valence-corrected chi connectivity index (χ3v) is 4.62. The van der Waals surface area contributed by atoms with E-state index in [0.29, 0.717) is 5.02 Å². The van der Waals surface area contributed by atoms with Crippen LogP contribution in [0.4, 0.5) is 0 Å². The number of likely N-dealkylation sites (N-methyl/N-ethyl adjacent to an activating group) is 1. The molecule has 1 fully saturated rings. The molecule has 1 unspecified atom stereocenters. The number of rotatable bonds is 4. The summed E-state index contributed by atoms with van der Waals surface area (Å²) in [7, 11) is 2.18. The Balaban J connectivity index is 1.84. The quantitative estimate of drug-likeness (QED) is 0.925. The van der Waals surface area contributed by atoms with Gasteiger partial charge in [-0.1, -0.05) is 23.7 Å². The van der Waals surface area contributed by atoms with Crippen LogP contribution in [-0.2, 0) is 0 Å². The molecular weight excluding hydrogens is 272 g/mol. The van der Waals surface area contributed by atoms with E-state index in [1.807, 2.05) is 24.3 Å². The van der Waals surface area contributed by atoms with Gasteiger partial charge in [-0.05, 0) is 45.0 Å². The number of piperazine rings is 1. The molecule has 0 aliphatic carbocycles. The highest BCUT2D eigenvalue weighted by molar-refractivity contribution is 6.30. The van der Waals surface area contributed by atoms with Crippen molar-refractivity contribution in [2.75, 3.05) is 33.2 Å². The maximum absolute atomic E-state index is 10.2. The van der Waals surface area contributed by atoms with E-state index < -0.39 is 6.10 Å². The number of nitrogens with zero attached hydrogens (tertiary/aromatic N) is 2. The van der Waals surface area contributed by atoms with Gasteiger partial charge in [0.25, 0.3) is 0 Å². The molecule has 20 heavy (non-hydrogen) atoms. The molecule has 1 N–H and O–H groups in total. The normalized spacial score (nSPS) is 21.9. The summed E-state index contributed by atoms with van der Waals surface area (Å²) in [4.78, 5) is 4.85. The van der Waals surface area contributed by atoms with Gasteiger partial charge >= 0.3 is 0 Å².